The van der Waals surface area contributed by atoms with E-state index in [2.05, 4.69) is 20.9 Å². The number of carbonyl (C=O) groups is 1. The van der Waals surface area contributed by atoms with E-state index >= 15 is 0 Å². The van der Waals surface area contributed by atoms with E-state index in [-0.39, 0.29) is 11.1 Å². The molecule has 1 aromatic carbocycles. The lowest BCUT2D eigenvalue weighted by Crippen LogP contribution is -2.11. The maximum Gasteiger partial charge on any atom is 0.356 e. The van der Waals surface area contributed by atoms with Gasteiger partial charge in [-0.2, -0.15) is 0 Å². The van der Waals surface area contributed by atoms with E-state index in [4.69, 9.17) is 0 Å². The van der Waals surface area contributed by atoms with Crippen LogP contribution in [0, 0.1) is 0 Å². The van der Waals surface area contributed by atoms with E-state index in [1.807, 2.05) is 45.0 Å². The zero-order chi connectivity index (χ0) is 14.2. The molecule has 0 bridgehead atoms. The van der Waals surface area contributed by atoms with Crippen LogP contribution in [0.3, 0.4) is 0 Å². The average Bonchev–Trinajstić information content (AvgIpc) is 2.74. The predicted octanol–water partition coefficient (Wildman–Crippen LogP) is 4.57. The molecule has 0 aliphatic carbocycles. The molecule has 5 heteroatoms. The van der Waals surface area contributed by atoms with Crippen LogP contribution in [0.15, 0.2) is 28.7 Å². The van der Waals surface area contributed by atoms with E-state index in [1.165, 1.54) is 11.3 Å². The quantitative estimate of drug-likeness (QED) is 0.871. The Morgan fingerprint density at radius 1 is 1.26 bits per heavy atom. The summed E-state index contributed by atoms with van der Waals surface area (Å²) in [5.74, 6) is -0.982. The van der Waals surface area contributed by atoms with Crippen LogP contribution in [0.1, 0.15) is 36.3 Å². The number of hydrogen-bond donors (Lipinski definition) is 1. The van der Waals surface area contributed by atoms with Crippen LogP contribution in [0.25, 0.3) is 10.4 Å². The number of carboxylic acid groups (broad SMARTS) is 1. The zero-order valence-electron chi connectivity index (χ0n) is 10.9. The summed E-state index contributed by atoms with van der Waals surface area (Å²) in [7, 11) is 0. The molecule has 1 heterocycles. The van der Waals surface area contributed by atoms with E-state index in [9.17, 15) is 9.90 Å². The van der Waals surface area contributed by atoms with Crippen LogP contribution in [0.5, 0.6) is 0 Å². The van der Waals surface area contributed by atoms with Crippen molar-refractivity contribution in [2.75, 3.05) is 0 Å². The van der Waals surface area contributed by atoms with E-state index in [0.29, 0.717) is 4.88 Å². The minimum atomic E-state index is -0.982. The van der Waals surface area contributed by atoms with Crippen molar-refractivity contribution in [1.29, 1.82) is 0 Å². The second-order valence-electron chi connectivity index (χ2n) is 5.26. The molecule has 1 aromatic heterocycles. The van der Waals surface area contributed by atoms with Crippen LogP contribution in [0.4, 0.5) is 0 Å². The van der Waals surface area contributed by atoms with E-state index in [0.717, 1.165) is 15.0 Å². The highest BCUT2D eigenvalue weighted by molar-refractivity contribution is 9.10. The van der Waals surface area contributed by atoms with Gasteiger partial charge in [0, 0.05) is 9.89 Å². The average molecular weight is 340 g/mol. The Labute approximate surface area is 124 Å². The number of aromatic carboxylic acids is 1. The monoisotopic (exact) mass is 339 g/mol. The second kappa shape index (κ2) is 5.06. The third kappa shape index (κ3) is 3.04. The van der Waals surface area contributed by atoms with Crippen LogP contribution >= 0.6 is 27.3 Å². The Kier molecular flexibility index (Phi) is 3.78. The second-order valence-corrected chi connectivity index (χ2v) is 7.17. The summed E-state index contributed by atoms with van der Waals surface area (Å²) in [5, 5.41) is 10.1. The van der Waals surface area contributed by atoms with Gasteiger partial charge in [0.15, 0.2) is 5.69 Å². The third-order valence-electron chi connectivity index (χ3n) is 2.58. The molecule has 1 N–H and O–H groups in total. The fraction of sp³-hybridized carbons (Fsp3) is 0.286. The number of benzene rings is 1. The molecular weight excluding hydrogens is 326 g/mol. The molecule has 0 fully saturated rings. The van der Waals surface area contributed by atoms with Crippen molar-refractivity contribution >= 4 is 33.2 Å². The zero-order valence-corrected chi connectivity index (χ0v) is 13.3. The van der Waals surface area contributed by atoms with Gasteiger partial charge in [-0.05, 0) is 17.7 Å². The van der Waals surface area contributed by atoms with Gasteiger partial charge in [-0.1, -0.05) is 48.8 Å². The highest BCUT2D eigenvalue weighted by Gasteiger charge is 2.25. The van der Waals surface area contributed by atoms with E-state index in [1.54, 1.807) is 0 Å². The van der Waals surface area contributed by atoms with Crippen molar-refractivity contribution < 1.29 is 9.90 Å². The Morgan fingerprint density at radius 2 is 1.84 bits per heavy atom. The lowest BCUT2D eigenvalue weighted by atomic mass is 9.98. The number of hydrogen-bond acceptors (Lipinski definition) is 3. The minimum absolute atomic E-state index is 0.136. The lowest BCUT2D eigenvalue weighted by Gasteiger charge is -2.13. The van der Waals surface area contributed by atoms with Crippen LogP contribution in [0.2, 0.25) is 0 Å². The van der Waals surface area contributed by atoms with Crippen molar-refractivity contribution in [3.63, 3.8) is 0 Å². The third-order valence-corrected chi connectivity index (χ3v) is 4.64. The Morgan fingerprint density at radius 3 is 2.32 bits per heavy atom. The topological polar surface area (TPSA) is 50.2 Å². The summed E-state index contributed by atoms with van der Waals surface area (Å²) in [6, 6.07) is 7.60. The smallest absolute Gasteiger partial charge is 0.356 e. The van der Waals surface area contributed by atoms with Crippen LogP contribution < -0.4 is 0 Å². The normalized spacial score (nSPS) is 11.6. The fourth-order valence-corrected chi connectivity index (χ4v) is 2.97. The van der Waals surface area contributed by atoms with Gasteiger partial charge in [-0.3, -0.25) is 0 Å². The summed E-state index contributed by atoms with van der Waals surface area (Å²) in [5.41, 5.74) is 0.869. The molecule has 0 aliphatic heterocycles. The Balaban J connectivity index is 2.58. The predicted molar refractivity (Wildman–Crippen MR) is 80.9 cm³/mol. The first-order valence-corrected chi connectivity index (χ1v) is 7.40. The van der Waals surface area contributed by atoms with Crippen molar-refractivity contribution in [3.05, 3.63) is 39.4 Å². The first-order valence-electron chi connectivity index (χ1n) is 5.79. The number of carboxylic acids is 1. The molecule has 0 atom stereocenters. The lowest BCUT2D eigenvalue weighted by molar-refractivity contribution is 0.0692. The number of halogens is 1. The van der Waals surface area contributed by atoms with Gasteiger partial charge in [-0.25, -0.2) is 9.78 Å². The number of aromatic nitrogens is 1. The van der Waals surface area contributed by atoms with E-state index < -0.39 is 5.97 Å². The maximum atomic E-state index is 11.3. The summed E-state index contributed by atoms with van der Waals surface area (Å²) < 4.78 is 0.966. The highest BCUT2D eigenvalue weighted by atomic mass is 79.9. The van der Waals surface area contributed by atoms with Crippen molar-refractivity contribution in [3.8, 4) is 10.4 Å². The molecule has 100 valence electrons. The summed E-state index contributed by atoms with van der Waals surface area (Å²) in [6.45, 7) is 6.09. The van der Waals surface area contributed by atoms with Gasteiger partial charge in [0.1, 0.15) is 0 Å². The van der Waals surface area contributed by atoms with Crippen LogP contribution in [-0.2, 0) is 5.41 Å². The van der Waals surface area contributed by atoms with Crippen molar-refractivity contribution in [1.82, 2.24) is 4.98 Å². The van der Waals surface area contributed by atoms with Crippen molar-refractivity contribution in [2.24, 2.45) is 0 Å². The SMILES string of the molecule is CC(C)(C)c1nc(C(=O)O)c(-c2ccc(Br)cc2)s1. The van der Waals surface area contributed by atoms with Crippen molar-refractivity contribution in [2.45, 2.75) is 26.2 Å². The molecule has 0 aliphatic rings. The first-order chi connectivity index (χ1) is 8.79. The molecule has 0 saturated heterocycles. The number of rotatable bonds is 2. The standard InChI is InChI=1S/C14H14BrNO2S/c1-14(2,3)13-16-10(12(17)18)11(19-13)8-4-6-9(15)7-5-8/h4-7H,1-3H3,(H,17,18). The molecule has 3 nitrogen and oxygen atoms in total. The van der Waals surface area contributed by atoms with Crippen LogP contribution in [-0.4, -0.2) is 16.1 Å². The minimum Gasteiger partial charge on any atom is -0.476 e. The fourth-order valence-electron chi connectivity index (χ4n) is 1.58. The summed E-state index contributed by atoms with van der Waals surface area (Å²) in [4.78, 5) is 16.3. The molecule has 0 unspecified atom stereocenters. The van der Waals surface area contributed by atoms with Gasteiger partial charge in [0.25, 0.3) is 0 Å². The van der Waals surface area contributed by atoms with Gasteiger partial charge in [-0.15, -0.1) is 11.3 Å². The molecular formula is C14H14BrNO2S. The van der Waals surface area contributed by atoms with Gasteiger partial charge >= 0.3 is 5.97 Å². The van der Waals surface area contributed by atoms with Gasteiger partial charge in [0.2, 0.25) is 0 Å². The maximum absolute atomic E-state index is 11.3. The molecule has 2 aromatic rings. The van der Waals surface area contributed by atoms with Gasteiger partial charge in [0.05, 0.1) is 9.88 Å². The molecule has 0 spiro atoms. The first kappa shape index (κ1) is 14.2. The number of thiazole rings is 1. The molecule has 0 amide bonds. The largest absolute Gasteiger partial charge is 0.476 e. The molecule has 19 heavy (non-hydrogen) atoms. The summed E-state index contributed by atoms with van der Waals surface area (Å²) >= 11 is 4.82. The molecule has 2 rings (SSSR count). The molecule has 0 saturated carbocycles. The van der Waals surface area contributed by atoms with Gasteiger partial charge < -0.3 is 5.11 Å². The summed E-state index contributed by atoms with van der Waals surface area (Å²) in [6.07, 6.45) is 0. The Bertz CT molecular complexity index is 611. The molecule has 0 radical (unpaired) electrons. The highest BCUT2D eigenvalue weighted by Crippen LogP contribution is 2.36. The Hall–Kier alpha value is -1.20. The number of nitrogens with zero attached hydrogens (tertiary/aromatic N) is 1.